The van der Waals surface area contributed by atoms with Gasteiger partial charge in [-0.3, -0.25) is 9.69 Å². The van der Waals surface area contributed by atoms with Gasteiger partial charge in [-0.2, -0.15) is 0 Å². The maximum absolute atomic E-state index is 12.8. The Morgan fingerprint density at radius 1 is 1.18 bits per heavy atom. The van der Waals surface area contributed by atoms with E-state index in [0.717, 1.165) is 32.4 Å². The summed E-state index contributed by atoms with van der Waals surface area (Å²) in [5.74, 6) is 0.220. The topological polar surface area (TPSA) is 32.3 Å². The molecule has 126 valence electrons. The van der Waals surface area contributed by atoms with Crippen LogP contribution >= 0.6 is 0 Å². The average Bonchev–Trinajstić information content (AvgIpc) is 2.56. The molecule has 0 aromatic heterocycles. The number of fused-ring (bicyclic) bond motifs is 1. The number of nitrogens with one attached hydrogen (secondary N) is 1. The van der Waals surface area contributed by atoms with Crippen molar-refractivity contribution < 1.29 is 4.79 Å². The number of piperidine rings is 1. The van der Waals surface area contributed by atoms with Gasteiger partial charge in [-0.1, -0.05) is 54.4 Å². The summed E-state index contributed by atoms with van der Waals surface area (Å²) < 4.78 is 0. The molecule has 22 heavy (non-hydrogen) atoms. The molecule has 0 bridgehead atoms. The molecule has 0 aliphatic carbocycles. The van der Waals surface area contributed by atoms with Crippen molar-refractivity contribution in [2.45, 2.75) is 79.7 Å². The zero-order chi connectivity index (χ0) is 16.5. The standard InChI is InChI=1S/C19H34N2O/c1-7-11-19(5,6)16-14(18(2,3)4)13-21-12-9-8-10-15(21)17(22)20-16/h15H,7-13H2,1-6H3,(H,20,22)/t15-/m1/s1. The van der Waals surface area contributed by atoms with Gasteiger partial charge < -0.3 is 5.32 Å². The van der Waals surface area contributed by atoms with Crippen molar-refractivity contribution in [3.05, 3.63) is 11.3 Å². The van der Waals surface area contributed by atoms with E-state index in [0.29, 0.717) is 0 Å². The van der Waals surface area contributed by atoms with Crippen LogP contribution in [0.2, 0.25) is 0 Å². The minimum Gasteiger partial charge on any atom is -0.328 e. The van der Waals surface area contributed by atoms with Crippen molar-refractivity contribution in [1.82, 2.24) is 10.2 Å². The van der Waals surface area contributed by atoms with Crippen LogP contribution in [0.1, 0.15) is 73.6 Å². The van der Waals surface area contributed by atoms with E-state index < -0.39 is 0 Å². The van der Waals surface area contributed by atoms with Crippen LogP contribution in [0, 0.1) is 10.8 Å². The molecular formula is C19H34N2O. The van der Waals surface area contributed by atoms with Crippen LogP contribution in [0.3, 0.4) is 0 Å². The van der Waals surface area contributed by atoms with E-state index in [2.05, 4.69) is 51.8 Å². The molecular weight excluding hydrogens is 272 g/mol. The third-order valence-electron chi connectivity index (χ3n) is 5.28. The van der Waals surface area contributed by atoms with Gasteiger partial charge in [0.2, 0.25) is 5.91 Å². The Labute approximate surface area is 136 Å². The van der Waals surface area contributed by atoms with E-state index >= 15 is 0 Å². The molecule has 2 aliphatic heterocycles. The Kier molecular flexibility index (Phi) is 5.06. The summed E-state index contributed by atoms with van der Waals surface area (Å²) >= 11 is 0. The number of hydrogen-bond acceptors (Lipinski definition) is 2. The lowest BCUT2D eigenvalue weighted by Crippen LogP contribution is -2.48. The first-order valence-corrected chi connectivity index (χ1v) is 8.96. The SMILES string of the molecule is CCCC(C)(C)C1=C(C(C)(C)C)CN2CCCC[C@@H]2C(=O)N1. The number of nitrogens with zero attached hydrogens (tertiary/aromatic N) is 1. The van der Waals surface area contributed by atoms with Gasteiger partial charge in [0.25, 0.3) is 0 Å². The average molecular weight is 306 g/mol. The van der Waals surface area contributed by atoms with E-state index in [1.54, 1.807) is 0 Å². The zero-order valence-corrected chi connectivity index (χ0v) is 15.4. The van der Waals surface area contributed by atoms with Crippen LogP contribution in [-0.4, -0.2) is 29.9 Å². The fraction of sp³-hybridized carbons (Fsp3) is 0.842. The van der Waals surface area contributed by atoms with Gasteiger partial charge in [0.1, 0.15) is 0 Å². The number of rotatable bonds is 3. The lowest BCUT2D eigenvalue weighted by molar-refractivity contribution is -0.126. The van der Waals surface area contributed by atoms with Gasteiger partial charge in [0, 0.05) is 17.7 Å². The molecule has 0 radical (unpaired) electrons. The highest BCUT2D eigenvalue weighted by atomic mass is 16.2. The van der Waals surface area contributed by atoms with Crippen LogP contribution in [0.25, 0.3) is 0 Å². The maximum atomic E-state index is 12.8. The summed E-state index contributed by atoms with van der Waals surface area (Å²) in [5.41, 5.74) is 2.73. The lowest BCUT2D eigenvalue weighted by atomic mass is 9.75. The minimum atomic E-state index is 0.0294. The summed E-state index contributed by atoms with van der Waals surface area (Å²) in [6.45, 7) is 15.6. The summed E-state index contributed by atoms with van der Waals surface area (Å²) in [6, 6.07) is 0.0704. The van der Waals surface area contributed by atoms with Gasteiger partial charge >= 0.3 is 0 Å². The Bertz CT molecular complexity index is 457. The van der Waals surface area contributed by atoms with E-state index in [1.165, 1.54) is 24.1 Å². The number of carbonyl (C=O) groups excluding carboxylic acids is 1. The summed E-state index contributed by atoms with van der Waals surface area (Å²) in [5, 5.41) is 3.36. The second-order valence-electron chi connectivity index (χ2n) is 8.71. The predicted octanol–water partition coefficient (Wildman–Crippen LogP) is 4.10. The number of hydrogen-bond donors (Lipinski definition) is 1. The van der Waals surface area contributed by atoms with Crippen LogP contribution in [0.4, 0.5) is 0 Å². The third kappa shape index (κ3) is 3.56. The van der Waals surface area contributed by atoms with Crippen molar-refractivity contribution in [2.75, 3.05) is 13.1 Å². The van der Waals surface area contributed by atoms with Gasteiger partial charge in [-0.25, -0.2) is 0 Å². The Hall–Kier alpha value is -0.830. The van der Waals surface area contributed by atoms with Gasteiger partial charge in [-0.15, -0.1) is 0 Å². The molecule has 1 fully saturated rings. The van der Waals surface area contributed by atoms with Crippen LogP contribution < -0.4 is 5.32 Å². The Morgan fingerprint density at radius 3 is 2.45 bits per heavy atom. The van der Waals surface area contributed by atoms with E-state index in [4.69, 9.17) is 0 Å². The minimum absolute atomic E-state index is 0.0294. The van der Waals surface area contributed by atoms with Gasteiger partial charge in [-0.05, 0) is 36.8 Å². The first-order chi connectivity index (χ1) is 10.2. The molecule has 3 heteroatoms. The molecule has 0 aromatic carbocycles. The molecule has 2 aliphatic rings. The van der Waals surface area contributed by atoms with Crippen molar-refractivity contribution in [2.24, 2.45) is 10.8 Å². The van der Waals surface area contributed by atoms with Crippen molar-refractivity contribution >= 4 is 5.91 Å². The molecule has 2 rings (SSSR count). The Balaban J connectivity index is 2.46. The largest absolute Gasteiger partial charge is 0.328 e. The van der Waals surface area contributed by atoms with Crippen molar-refractivity contribution in [1.29, 1.82) is 0 Å². The summed E-state index contributed by atoms with van der Waals surface area (Å²) in [6.07, 6.45) is 5.64. The van der Waals surface area contributed by atoms with Crippen LogP contribution in [0.5, 0.6) is 0 Å². The lowest BCUT2D eigenvalue weighted by Gasteiger charge is -2.36. The highest BCUT2D eigenvalue weighted by Gasteiger charge is 2.39. The van der Waals surface area contributed by atoms with E-state index in [-0.39, 0.29) is 22.8 Å². The number of amides is 1. The fourth-order valence-electron chi connectivity index (χ4n) is 3.98. The molecule has 2 heterocycles. The molecule has 1 saturated heterocycles. The Morgan fingerprint density at radius 2 is 1.86 bits per heavy atom. The molecule has 1 amide bonds. The molecule has 1 atom stereocenters. The van der Waals surface area contributed by atoms with Gasteiger partial charge in [0.15, 0.2) is 0 Å². The van der Waals surface area contributed by atoms with Crippen molar-refractivity contribution in [3.8, 4) is 0 Å². The number of allylic oxidation sites excluding steroid dienone is 1. The van der Waals surface area contributed by atoms with Crippen LogP contribution in [0.15, 0.2) is 11.3 Å². The van der Waals surface area contributed by atoms with E-state index in [1.807, 2.05) is 0 Å². The molecule has 0 unspecified atom stereocenters. The second-order valence-corrected chi connectivity index (χ2v) is 8.71. The highest BCUT2D eigenvalue weighted by molar-refractivity contribution is 5.84. The molecule has 3 nitrogen and oxygen atoms in total. The molecule has 0 saturated carbocycles. The third-order valence-corrected chi connectivity index (χ3v) is 5.28. The van der Waals surface area contributed by atoms with Gasteiger partial charge in [0.05, 0.1) is 6.04 Å². The quantitative estimate of drug-likeness (QED) is 0.851. The zero-order valence-electron chi connectivity index (χ0n) is 15.4. The van der Waals surface area contributed by atoms with E-state index in [9.17, 15) is 4.79 Å². The highest BCUT2D eigenvalue weighted by Crippen LogP contribution is 2.40. The monoisotopic (exact) mass is 306 g/mol. The molecule has 0 spiro atoms. The first-order valence-electron chi connectivity index (χ1n) is 8.96. The number of carbonyl (C=O) groups is 1. The summed E-state index contributed by atoms with van der Waals surface area (Å²) in [7, 11) is 0. The molecule has 1 N–H and O–H groups in total. The fourth-order valence-corrected chi connectivity index (χ4v) is 3.98. The normalized spacial score (nSPS) is 24.8. The first kappa shape index (κ1) is 17.5. The summed E-state index contributed by atoms with van der Waals surface area (Å²) in [4.78, 5) is 15.2. The maximum Gasteiger partial charge on any atom is 0.241 e. The van der Waals surface area contributed by atoms with Crippen molar-refractivity contribution in [3.63, 3.8) is 0 Å². The predicted molar refractivity (Wildman–Crippen MR) is 92.5 cm³/mol. The smallest absolute Gasteiger partial charge is 0.241 e. The van der Waals surface area contributed by atoms with Crippen LogP contribution in [-0.2, 0) is 4.79 Å². The molecule has 0 aromatic rings. The second kappa shape index (κ2) is 6.35.